The van der Waals surface area contributed by atoms with Crippen LogP contribution in [0.4, 0.5) is 5.69 Å². The molecule has 1 aliphatic heterocycles. The van der Waals surface area contributed by atoms with Crippen molar-refractivity contribution >= 4 is 17.5 Å². The molecular weight excluding hydrogens is 380 g/mol. The average Bonchev–Trinajstić information content (AvgIpc) is 3.13. The monoisotopic (exact) mass is 410 g/mol. The van der Waals surface area contributed by atoms with Crippen LogP contribution in [0.2, 0.25) is 0 Å². The first-order chi connectivity index (χ1) is 14.5. The maximum Gasteiger partial charge on any atom is 0.227 e. The molecule has 1 fully saturated rings. The van der Waals surface area contributed by atoms with Gasteiger partial charge in [-0.1, -0.05) is 25.1 Å². The van der Waals surface area contributed by atoms with Crippen molar-refractivity contribution in [2.75, 3.05) is 18.1 Å². The van der Waals surface area contributed by atoms with Gasteiger partial charge in [0.1, 0.15) is 11.5 Å². The quantitative estimate of drug-likeness (QED) is 0.680. The predicted molar refractivity (Wildman–Crippen MR) is 117 cm³/mol. The van der Waals surface area contributed by atoms with Crippen molar-refractivity contribution in [1.82, 2.24) is 5.32 Å². The summed E-state index contributed by atoms with van der Waals surface area (Å²) in [6.07, 6.45) is 1.21. The third-order valence-electron chi connectivity index (χ3n) is 4.91. The minimum Gasteiger partial charge on any atom is -0.494 e. The Hall–Kier alpha value is -3.02. The number of amides is 2. The molecule has 0 aliphatic carbocycles. The van der Waals surface area contributed by atoms with Gasteiger partial charge in [-0.3, -0.25) is 9.59 Å². The topological polar surface area (TPSA) is 67.9 Å². The van der Waals surface area contributed by atoms with Crippen LogP contribution in [0.25, 0.3) is 0 Å². The predicted octanol–water partition coefficient (Wildman–Crippen LogP) is 3.93. The van der Waals surface area contributed by atoms with Crippen molar-refractivity contribution in [3.05, 3.63) is 54.1 Å². The standard InChI is InChI=1S/C24H30N2O4/c1-4-13-29-21-11-9-20(10-12-21)26-16-19(14-23(26)27)24(28)25-15-18-7-5-6-8-22(18)30-17(2)3/h5-12,17,19H,4,13-16H2,1-3H3,(H,25,28)/t19-/m0/s1. The van der Waals surface area contributed by atoms with E-state index in [1.807, 2.05) is 62.4 Å². The van der Waals surface area contributed by atoms with Crippen molar-refractivity contribution in [2.24, 2.45) is 5.92 Å². The fraction of sp³-hybridized carbons (Fsp3) is 0.417. The molecule has 1 atom stereocenters. The van der Waals surface area contributed by atoms with Crippen molar-refractivity contribution in [3.8, 4) is 11.5 Å². The van der Waals surface area contributed by atoms with E-state index in [0.717, 1.165) is 29.2 Å². The first-order valence-electron chi connectivity index (χ1n) is 10.5. The molecule has 160 valence electrons. The summed E-state index contributed by atoms with van der Waals surface area (Å²) in [5.74, 6) is 1.02. The number of hydrogen-bond acceptors (Lipinski definition) is 4. The van der Waals surface area contributed by atoms with Crippen LogP contribution in [0.15, 0.2) is 48.5 Å². The van der Waals surface area contributed by atoms with Gasteiger partial charge in [0.05, 0.1) is 18.6 Å². The molecule has 30 heavy (non-hydrogen) atoms. The summed E-state index contributed by atoms with van der Waals surface area (Å²) in [5, 5.41) is 2.96. The highest BCUT2D eigenvalue weighted by atomic mass is 16.5. The summed E-state index contributed by atoms with van der Waals surface area (Å²) in [7, 11) is 0. The lowest BCUT2D eigenvalue weighted by atomic mass is 10.1. The maximum absolute atomic E-state index is 12.7. The lowest BCUT2D eigenvalue weighted by molar-refractivity contribution is -0.126. The largest absolute Gasteiger partial charge is 0.494 e. The van der Waals surface area contributed by atoms with Crippen LogP contribution >= 0.6 is 0 Å². The zero-order valence-electron chi connectivity index (χ0n) is 17.9. The van der Waals surface area contributed by atoms with Crippen LogP contribution < -0.4 is 19.7 Å². The van der Waals surface area contributed by atoms with Crippen molar-refractivity contribution in [2.45, 2.75) is 46.3 Å². The third-order valence-corrected chi connectivity index (χ3v) is 4.91. The smallest absolute Gasteiger partial charge is 0.227 e. The van der Waals surface area contributed by atoms with Gasteiger partial charge in [-0.2, -0.15) is 0 Å². The Balaban J connectivity index is 1.58. The minimum absolute atomic E-state index is 0.0408. The van der Waals surface area contributed by atoms with Crippen molar-refractivity contribution in [3.63, 3.8) is 0 Å². The molecule has 2 aromatic rings. The van der Waals surface area contributed by atoms with E-state index in [4.69, 9.17) is 9.47 Å². The Bertz CT molecular complexity index is 864. The number of carbonyl (C=O) groups excluding carboxylic acids is 2. The number of anilines is 1. The van der Waals surface area contributed by atoms with Gasteiger partial charge in [0.2, 0.25) is 11.8 Å². The number of nitrogens with zero attached hydrogens (tertiary/aromatic N) is 1. The van der Waals surface area contributed by atoms with Gasteiger partial charge in [0.15, 0.2) is 0 Å². The van der Waals surface area contributed by atoms with E-state index in [1.54, 1.807) is 4.90 Å². The Labute approximate surface area is 178 Å². The second-order valence-electron chi connectivity index (χ2n) is 7.74. The molecule has 0 saturated carbocycles. The molecular formula is C24H30N2O4. The second kappa shape index (κ2) is 10.1. The van der Waals surface area contributed by atoms with Gasteiger partial charge < -0.3 is 19.7 Å². The summed E-state index contributed by atoms with van der Waals surface area (Å²) in [6, 6.07) is 15.1. The molecule has 6 heteroatoms. The molecule has 1 saturated heterocycles. The number of rotatable bonds is 9. The summed E-state index contributed by atoms with van der Waals surface area (Å²) < 4.78 is 11.4. The van der Waals surface area contributed by atoms with E-state index >= 15 is 0 Å². The molecule has 2 amide bonds. The summed E-state index contributed by atoms with van der Waals surface area (Å²) in [4.78, 5) is 26.9. The highest BCUT2D eigenvalue weighted by molar-refractivity contribution is 6.00. The fourth-order valence-corrected chi connectivity index (χ4v) is 3.42. The summed E-state index contributed by atoms with van der Waals surface area (Å²) >= 11 is 0. The number of hydrogen-bond donors (Lipinski definition) is 1. The lowest BCUT2D eigenvalue weighted by Crippen LogP contribution is -2.32. The Morgan fingerprint density at radius 2 is 1.90 bits per heavy atom. The van der Waals surface area contributed by atoms with Gasteiger partial charge in [0.25, 0.3) is 0 Å². The highest BCUT2D eigenvalue weighted by Gasteiger charge is 2.35. The van der Waals surface area contributed by atoms with Crippen LogP contribution in [-0.2, 0) is 16.1 Å². The van der Waals surface area contributed by atoms with E-state index in [-0.39, 0.29) is 30.3 Å². The molecule has 2 aromatic carbocycles. The zero-order valence-corrected chi connectivity index (χ0v) is 17.9. The minimum atomic E-state index is -0.369. The number of nitrogens with one attached hydrogen (secondary N) is 1. The molecule has 6 nitrogen and oxygen atoms in total. The zero-order chi connectivity index (χ0) is 21.5. The number of para-hydroxylation sites is 1. The molecule has 0 bridgehead atoms. The Morgan fingerprint density at radius 1 is 1.17 bits per heavy atom. The fourth-order valence-electron chi connectivity index (χ4n) is 3.42. The molecule has 1 aliphatic rings. The Kier molecular flexibility index (Phi) is 7.33. The van der Waals surface area contributed by atoms with Crippen LogP contribution in [-0.4, -0.2) is 31.1 Å². The normalized spacial score (nSPS) is 16.1. The van der Waals surface area contributed by atoms with Gasteiger partial charge >= 0.3 is 0 Å². The van der Waals surface area contributed by atoms with Crippen LogP contribution in [0.1, 0.15) is 39.2 Å². The maximum atomic E-state index is 12.7. The van der Waals surface area contributed by atoms with E-state index in [9.17, 15) is 9.59 Å². The number of benzene rings is 2. The molecule has 1 heterocycles. The Morgan fingerprint density at radius 3 is 2.60 bits per heavy atom. The summed E-state index contributed by atoms with van der Waals surface area (Å²) in [5.41, 5.74) is 1.71. The van der Waals surface area contributed by atoms with Crippen LogP contribution in [0.5, 0.6) is 11.5 Å². The average molecular weight is 411 g/mol. The second-order valence-corrected chi connectivity index (χ2v) is 7.74. The van der Waals surface area contributed by atoms with Gasteiger partial charge in [0, 0.05) is 30.8 Å². The van der Waals surface area contributed by atoms with Gasteiger partial charge in [-0.15, -0.1) is 0 Å². The van der Waals surface area contributed by atoms with Crippen molar-refractivity contribution in [1.29, 1.82) is 0 Å². The van der Waals surface area contributed by atoms with E-state index in [1.165, 1.54) is 0 Å². The van der Waals surface area contributed by atoms with Crippen LogP contribution in [0.3, 0.4) is 0 Å². The SMILES string of the molecule is CCCOc1ccc(N2C[C@@H](C(=O)NCc3ccccc3OC(C)C)CC2=O)cc1. The molecule has 1 N–H and O–H groups in total. The molecule has 0 spiro atoms. The number of ether oxygens (including phenoxy) is 2. The first-order valence-corrected chi connectivity index (χ1v) is 10.5. The molecule has 0 unspecified atom stereocenters. The number of carbonyl (C=O) groups is 2. The van der Waals surface area contributed by atoms with E-state index < -0.39 is 0 Å². The molecule has 0 radical (unpaired) electrons. The lowest BCUT2D eigenvalue weighted by Gasteiger charge is -2.18. The van der Waals surface area contributed by atoms with Crippen molar-refractivity contribution < 1.29 is 19.1 Å². The van der Waals surface area contributed by atoms with E-state index in [2.05, 4.69) is 12.2 Å². The van der Waals surface area contributed by atoms with Gasteiger partial charge in [-0.05, 0) is 50.6 Å². The molecule has 3 rings (SSSR count). The molecule has 0 aromatic heterocycles. The van der Waals surface area contributed by atoms with E-state index in [0.29, 0.717) is 19.7 Å². The summed E-state index contributed by atoms with van der Waals surface area (Å²) in [6.45, 7) is 7.40. The van der Waals surface area contributed by atoms with Gasteiger partial charge in [-0.25, -0.2) is 0 Å². The third kappa shape index (κ3) is 5.53. The highest BCUT2D eigenvalue weighted by Crippen LogP contribution is 2.27. The van der Waals surface area contributed by atoms with Crippen LogP contribution in [0, 0.1) is 5.92 Å². The first kappa shape index (κ1) is 21.7.